The van der Waals surface area contributed by atoms with Gasteiger partial charge in [0.2, 0.25) is 11.9 Å². The van der Waals surface area contributed by atoms with Gasteiger partial charge in [-0.1, -0.05) is 31.7 Å². The molecule has 252 valence electrons. The number of carbonyl (C=O) groups excluding carboxylic acids is 2. The number of halogens is 5. The van der Waals surface area contributed by atoms with Crippen molar-refractivity contribution in [3.63, 3.8) is 0 Å². The summed E-state index contributed by atoms with van der Waals surface area (Å²) in [4.78, 5) is 35.8. The van der Waals surface area contributed by atoms with Gasteiger partial charge in [-0.05, 0) is 66.1 Å². The minimum atomic E-state index is -5.87. The Labute approximate surface area is 275 Å². The molecule has 48 heavy (non-hydrogen) atoms. The second kappa shape index (κ2) is 13.5. The van der Waals surface area contributed by atoms with Crippen molar-refractivity contribution in [2.45, 2.75) is 32.1 Å². The molecule has 1 saturated heterocycles. The number of ether oxygens (including phenoxy) is 2. The molecule has 0 unspecified atom stereocenters. The molecule has 0 saturated carbocycles. The summed E-state index contributed by atoms with van der Waals surface area (Å²) in [6.45, 7) is 3.99. The van der Waals surface area contributed by atoms with E-state index < -0.39 is 24.1 Å². The van der Waals surface area contributed by atoms with E-state index in [-0.39, 0.29) is 34.5 Å². The van der Waals surface area contributed by atoms with Crippen molar-refractivity contribution in [3.8, 4) is 28.6 Å². The number of aliphatic imine (C=N–C) groups is 1. The average molecular weight is 690 g/mol. The maximum Gasteiger partial charge on any atom is 0.499 e. The number of benzene rings is 3. The number of amides is 3. The molecule has 1 aliphatic rings. The molecule has 3 amide bonds. The van der Waals surface area contributed by atoms with Crippen molar-refractivity contribution in [3.05, 3.63) is 72.3 Å². The predicted octanol–water partition coefficient (Wildman–Crippen LogP) is 7.31. The number of urea groups is 1. The highest BCUT2D eigenvalue weighted by Gasteiger charge is 2.61. The molecule has 0 spiro atoms. The number of carbonyl (C=O) groups is 2. The normalized spacial score (nSPS) is 14.5. The number of nitrogens with zero attached hydrogens (tertiary/aromatic N) is 5. The van der Waals surface area contributed by atoms with Gasteiger partial charge in [-0.15, -0.1) is 5.10 Å². The highest BCUT2D eigenvalue weighted by molar-refractivity contribution is 8.15. The quantitative estimate of drug-likeness (QED) is 0.176. The maximum atomic E-state index is 13.3. The molecule has 2 N–H and O–H groups in total. The minimum Gasteiger partial charge on any atom is -0.497 e. The van der Waals surface area contributed by atoms with Crippen LogP contribution in [0.1, 0.15) is 25.3 Å². The van der Waals surface area contributed by atoms with Crippen LogP contribution in [0, 0.1) is 0 Å². The fraction of sp³-hybridized carbons (Fsp3) is 0.258. The lowest BCUT2D eigenvalue weighted by molar-refractivity contribution is -0.360. The number of hydrogen-bond acceptors (Lipinski definition) is 8. The largest absolute Gasteiger partial charge is 0.499 e. The third-order valence-electron chi connectivity index (χ3n) is 6.95. The molecule has 0 aliphatic carbocycles. The number of aromatic nitrogens is 3. The molecule has 1 aliphatic heterocycles. The molecule has 4 aromatic rings. The van der Waals surface area contributed by atoms with Crippen LogP contribution in [0.5, 0.6) is 11.5 Å². The molecular formula is C31H28F5N7O4S. The third kappa shape index (κ3) is 7.20. The summed E-state index contributed by atoms with van der Waals surface area (Å²) in [6.07, 6.45) is -11.2. The Bertz CT molecular complexity index is 1850. The number of rotatable bonds is 9. The Hall–Kier alpha value is -5.19. The maximum absolute atomic E-state index is 13.3. The number of thioether (sulfide) groups is 1. The van der Waals surface area contributed by atoms with Gasteiger partial charge in [0.25, 0.3) is 0 Å². The van der Waals surface area contributed by atoms with E-state index in [1.807, 2.05) is 26.0 Å². The zero-order valence-corrected chi connectivity index (χ0v) is 26.6. The topological polar surface area (TPSA) is 123 Å². The minimum absolute atomic E-state index is 0.0885. The Morgan fingerprint density at radius 1 is 1.00 bits per heavy atom. The highest BCUT2D eigenvalue weighted by atomic mass is 32.2. The molecule has 2 heterocycles. The number of amidine groups is 1. The van der Waals surface area contributed by atoms with Crippen molar-refractivity contribution in [1.29, 1.82) is 0 Å². The van der Waals surface area contributed by atoms with Crippen LogP contribution in [0.25, 0.3) is 17.1 Å². The SMILES string of the molecule is CNc1nc(-c2ccc(NC(=O)N=C3SCC(=O)N3c3cc(OC)ccc3C(C)C)cc2)nn1-c1ccc(OC(F)(F)C(F)(F)F)cc1. The molecule has 0 bridgehead atoms. The van der Waals surface area contributed by atoms with Crippen LogP contribution in [-0.4, -0.2) is 64.1 Å². The molecule has 3 aromatic carbocycles. The molecule has 17 heteroatoms. The van der Waals surface area contributed by atoms with Crippen molar-refractivity contribution >= 4 is 46.2 Å². The number of methoxy groups -OCH3 is 1. The predicted molar refractivity (Wildman–Crippen MR) is 171 cm³/mol. The zero-order chi connectivity index (χ0) is 34.8. The third-order valence-corrected chi connectivity index (χ3v) is 7.87. The van der Waals surface area contributed by atoms with Gasteiger partial charge in [-0.2, -0.15) is 36.6 Å². The van der Waals surface area contributed by atoms with Gasteiger partial charge in [0, 0.05) is 24.4 Å². The summed E-state index contributed by atoms with van der Waals surface area (Å²) in [5.41, 5.74) is 2.73. The Balaban J connectivity index is 1.31. The first-order valence-electron chi connectivity index (χ1n) is 14.2. The monoisotopic (exact) mass is 689 g/mol. The molecule has 1 aromatic heterocycles. The second-order valence-electron chi connectivity index (χ2n) is 10.5. The molecular weight excluding hydrogens is 661 g/mol. The Kier molecular flexibility index (Phi) is 9.61. The average Bonchev–Trinajstić information content (AvgIpc) is 3.63. The lowest BCUT2D eigenvalue weighted by Gasteiger charge is -2.22. The van der Waals surface area contributed by atoms with Crippen molar-refractivity contribution < 1.29 is 41.0 Å². The first-order valence-corrected chi connectivity index (χ1v) is 15.2. The van der Waals surface area contributed by atoms with E-state index in [2.05, 4.69) is 30.4 Å². The van der Waals surface area contributed by atoms with E-state index in [1.54, 1.807) is 37.4 Å². The van der Waals surface area contributed by atoms with E-state index in [1.165, 1.54) is 28.8 Å². The fourth-order valence-electron chi connectivity index (χ4n) is 4.59. The van der Waals surface area contributed by atoms with Crippen LogP contribution in [0.2, 0.25) is 0 Å². The van der Waals surface area contributed by atoms with Crippen molar-refractivity contribution in [2.75, 3.05) is 35.4 Å². The van der Waals surface area contributed by atoms with Crippen LogP contribution in [-0.2, 0) is 4.79 Å². The van der Waals surface area contributed by atoms with Crippen LogP contribution < -0.4 is 25.0 Å². The number of hydrogen-bond donors (Lipinski definition) is 2. The van der Waals surface area contributed by atoms with E-state index in [9.17, 15) is 31.5 Å². The van der Waals surface area contributed by atoms with Gasteiger partial charge in [0.05, 0.1) is 24.2 Å². The van der Waals surface area contributed by atoms with Gasteiger partial charge in [-0.25, -0.2) is 4.79 Å². The van der Waals surface area contributed by atoms with Gasteiger partial charge < -0.3 is 20.1 Å². The van der Waals surface area contributed by atoms with E-state index in [0.29, 0.717) is 28.4 Å². The van der Waals surface area contributed by atoms with Crippen LogP contribution in [0.3, 0.4) is 0 Å². The van der Waals surface area contributed by atoms with E-state index in [4.69, 9.17) is 4.74 Å². The number of alkyl halides is 5. The fourth-order valence-corrected chi connectivity index (χ4v) is 5.45. The summed E-state index contributed by atoms with van der Waals surface area (Å²) in [5.74, 6) is 0.354. The smallest absolute Gasteiger partial charge is 0.497 e. The van der Waals surface area contributed by atoms with Gasteiger partial charge in [-0.3, -0.25) is 9.69 Å². The highest BCUT2D eigenvalue weighted by Crippen LogP contribution is 2.38. The van der Waals surface area contributed by atoms with E-state index in [0.717, 1.165) is 29.5 Å². The molecule has 5 rings (SSSR count). The lowest BCUT2D eigenvalue weighted by Crippen LogP contribution is -2.41. The first-order chi connectivity index (χ1) is 22.7. The Morgan fingerprint density at radius 2 is 1.67 bits per heavy atom. The van der Waals surface area contributed by atoms with Gasteiger partial charge >= 0.3 is 18.3 Å². The van der Waals surface area contributed by atoms with E-state index >= 15 is 0 Å². The first kappa shape index (κ1) is 34.2. The Morgan fingerprint density at radius 3 is 2.27 bits per heavy atom. The summed E-state index contributed by atoms with van der Waals surface area (Å²) < 4.78 is 74.5. The van der Waals surface area contributed by atoms with Gasteiger partial charge in [0.1, 0.15) is 11.5 Å². The van der Waals surface area contributed by atoms with Crippen molar-refractivity contribution in [1.82, 2.24) is 14.8 Å². The molecule has 11 nitrogen and oxygen atoms in total. The molecule has 0 radical (unpaired) electrons. The standard InChI is InChI=1S/C31H28F5N7O4S/c1-17(2)23-14-13-22(46-4)15-24(23)42-25(44)16-48-29(42)40-28(45)38-19-7-5-18(6-8-19)26-39-27(37-3)43(41-26)20-9-11-21(12-10-20)47-31(35,36)30(32,33)34/h5-15,17H,16H2,1-4H3,(H,38,45)(H,37,39,41). The van der Waals surface area contributed by atoms with Crippen molar-refractivity contribution in [2.24, 2.45) is 4.99 Å². The second-order valence-corrected chi connectivity index (χ2v) is 11.5. The number of nitrogens with one attached hydrogen (secondary N) is 2. The van der Waals surface area contributed by atoms with Crippen LogP contribution in [0.15, 0.2) is 71.7 Å². The van der Waals surface area contributed by atoms with Gasteiger partial charge in [0.15, 0.2) is 11.0 Å². The zero-order valence-electron chi connectivity index (χ0n) is 25.8. The summed E-state index contributed by atoms with van der Waals surface area (Å²) in [6, 6.07) is 15.6. The van der Waals surface area contributed by atoms with Crippen LogP contribution in [0.4, 0.5) is 44.1 Å². The van der Waals surface area contributed by atoms with Crippen LogP contribution >= 0.6 is 11.8 Å². The lowest BCUT2D eigenvalue weighted by atomic mass is 10.00. The molecule has 1 fully saturated rings. The summed E-state index contributed by atoms with van der Waals surface area (Å²) in [7, 11) is 3.10. The number of anilines is 3. The summed E-state index contributed by atoms with van der Waals surface area (Å²) >= 11 is 1.15. The molecule has 0 atom stereocenters. The summed E-state index contributed by atoms with van der Waals surface area (Å²) in [5, 5.41) is 10.2.